The molecule has 0 spiro atoms. The van der Waals surface area contributed by atoms with E-state index in [-0.39, 0.29) is 11.8 Å². The molecule has 0 N–H and O–H groups in total. The SMILES string of the molecule is O=C(N1CCN(c2ccc(F)cn2)CC1)N1CCOCc2cc(Cl)ccc21. The number of pyridine rings is 1. The summed E-state index contributed by atoms with van der Waals surface area (Å²) in [6.45, 7) is 3.91. The number of hydrogen-bond acceptors (Lipinski definition) is 4. The molecule has 0 atom stereocenters. The van der Waals surface area contributed by atoms with Gasteiger partial charge in [-0.25, -0.2) is 14.2 Å². The highest BCUT2D eigenvalue weighted by atomic mass is 35.5. The average molecular weight is 391 g/mol. The maximum absolute atomic E-state index is 13.1. The van der Waals surface area contributed by atoms with E-state index in [0.29, 0.717) is 51.0 Å². The molecule has 2 aliphatic rings. The summed E-state index contributed by atoms with van der Waals surface area (Å²) in [6.07, 6.45) is 1.21. The van der Waals surface area contributed by atoms with Crippen molar-refractivity contribution >= 4 is 29.1 Å². The lowest BCUT2D eigenvalue weighted by molar-refractivity contribution is 0.131. The zero-order valence-corrected chi connectivity index (χ0v) is 15.5. The smallest absolute Gasteiger partial charge is 0.324 e. The molecule has 0 saturated carbocycles. The summed E-state index contributed by atoms with van der Waals surface area (Å²) in [7, 11) is 0. The van der Waals surface area contributed by atoms with Crippen molar-refractivity contribution in [1.29, 1.82) is 0 Å². The zero-order valence-electron chi connectivity index (χ0n) is 14.8. The molecule has 142 valence electrons. The predicted molar refractivity (Wildman–Crippen MR) is 102 cm³/mol. The number of urea groups is 1. The van der Waals surface area contributed by atoms with Gasteiger partial charge in [-0.05, 0) is 30.3 Å². The van der Waals surface area contributed by atoms with Crippen LogP contribution in [0.3, 0.4) is 0 Å². The number of carbonyl (C=O) groups excluding carboxylic acids is 1. The summed E-state index contributed by atoms with van der Waals surface area (Å²) in [6, 6.07) is 8.56. The molecule has 27 heavy (non-hydrogen) atoms. The minimum absolute atomic E-state index is 0.0317. The number of fused-ring (bicyclic) bond motifs is 1. The van der Waals surface area contributed by atoms with Gasteiger partial charge in [0.15, 0.2) is 0 Å². The van der Waals surface area contributed by atoms with Crippen molar-refractivity contribution in [3.8, 4) is 0 Å². The van der Waals surface area contributed by atoms with E-state index in [1.54, 1.807) is 17.0 Å². The van der Waals surface area contributed by atoms with Crippen LogP contribution in [0.25, 0.3) is 0 Å². The molecule has 1 saturated heterocycles. The van der Waals surface area contributed by atoms with Crippen molar-refractivity contribution in [2.45, 2.75) is 6.61 Å². The average Bonchev–Trinajstić information content (AvgIpc) is 2.90. The van der Waals surface area contributed by atoms with E-state index in [1.807, 2.05) is 17.0 Å². The molecule has 0 radical (unpaired) electrons. The summed E-state index contributed by atoms with van der Waals surface area (Å²) >= 11 is 6.09. The fraction of sp³-hybridized carbons (Fsp3) is 0.368. The van der Waals surface area contributed by atoms with Crippen LogP contribution in [0.1, 0.15) is 5.56 Å². The lowest BCUT2D eigenvalue weighted by atomic mass is 10.1. The lowest BCUT2D eigenvalue weighted by Crippen LogP contribution is -2.53. The summed E-state index contributed by atoms with van der Waals surface area (Å²) < 4.78 is 18.7. The number of nitrogens with zero attached hydrogens (tertiary/aromatic N) is 4. The van der Waals surface area contributed by atoms with Gasteiger partial charge in [0.2, 0.25) is 0 Å². The highest BCUT2D eigenvalue weighted by Gasteiger charge is 2.29. The van der Waals surface area contributed by atoms with Gasteiger partial charge in [0.05, 0.1) is 31.6 Å². The molecular weight excluding hydrogens is 371 g/mol. The van der Waals surface area contributed by atoms with E-state index in [0.717, 1.165) is 17.1 Å². The van der Waals surface area contributed by atoms with Crippen LogP contribution < -0.4 is 9.80 Å². The van der Waals surface area contributed by atoms with Gasteiger partial charge in [0.25, 0.3) is 0 Å². The summed E-state index contributed by atoms with van der Waals surface area (Å²) in [4.78, 5) is 22.9. The predicted octanol–water partition coefficient (Wildman–Crippen LogP) is 3.15. The Morgan fingerprint density at radius 2 is 1.93 bits per heavy atom. The quantitative estimate of drug-likeness (QED) is 0.750. The topological polar surface area (TPSA) is 48.9 Å². The van der Waals surface area contributed by atoms with Crippen molar-refractivity contribution in [3.05, 3.63) is 52.9 Å². The van der Waals surface area contributed by atoms with Crippen LogP contribution in [0.4, 0.5) is 20.7 Å². The van der Waals surface area contributed by atoms with Gasteiger partial charge in [-0.3, -0.25) is 4.90 Å². The van der Waals surface area contributed by atoms with Crippen LogP contribution in [0.2, 0.25) is 5.02 Å². The Hall–Kier alpha value is -2.38. The third-order valence-electron chi connectivity index (χ3n) is 4.87. The van der Waals surface area contributed by atoms with Gasteiger partial charge in [-0.1, -0.05) is 11.6 Å². The van der Waals surface area contributed by atoms with E-state index in [2.05, 4.69) is 9.88 Å². The molecule has 3 heterocycles. The normalized spacial score (nSPS) is 17.5. The van der Waals surface area contributed by atoms with Crippen LogP contribution in [0, 0.1) is 5.82 Å². The molecule has 8 heteroatoms. The zero-order chi connectivity index (χ0) is 18.8. The fourth-order valence-corrected chi connectivity index (χ4v) is 3.64. The number of hydrogen-bond donors (Lipinski definition) is 0. The van der Waals surface area contributed by atoms with E-state index in [4.69, 9.17) is 16.3 Å². The number of anilines is 2. The number of carbonyl (C=O) groups is 1. The fourth-order valence-electron chi connectivity index (χ4n) is 3.44. The monoisotopic (exact) mass is 390 g/mol. The minimum atomic E-state index is -0.352. The van der Waals surface area contributed by atoms with Gasteiger partial charge in [0.1, 0.15) is 11.6 Å². The first-order valence-corrected chi connectivity index (χ1v) is 9.29. The summed E-state index contributed by atoms with van der Waals surface area (Å²) in [5.41, 5.74) is 1.77. The first-order valence-electron chi connectivity index (χ1n) is 8.91. The van der Waals surface area contributed by atoms with Crippen molar-refractivity contribution < 1.29 is 13.9 Å². The Morgan fingerprint density at radius 3 is 2.67 bits per heavy atom. The number of amides is 2. The van der Waals surface area contributed by atoms with E-state index >= 15 is 0 Å². The molecule has 1 fully saturated rings. The molecule has 2 amide bonds. The van der Waals surface area contributed by atoms with E-state index < -0.39 is 0 Å². The largest absolute Gasteiger partial charge is 0.375 e. The number of benzene rings is 1. The summed E-state index contributed by atoms with van der Waals surface area (Å²) in [5.74, 6) is 0.376. The molecular formula is C19H20ClFN4O2. The molecule has 0 bridgehead atoms. The molecule has 2 aromatic rings. The van der Waals surface area contributed by atoms with Gasteiger partial charge in [0, 0.05) is 36.8 Å². The highest BCUT2D eigenvalue weighted by molar-refractivity contribution is 6.30. The van der Waals surface area contributed by atoms with Crippen LogP contribution in [-0.4, -0.2) is 55.2 Å². The number of piperazine rings is 1. The number of ether oxygens (including phenoxy) is 1. The first-order chi connectivity index (χ1) is 13.1. The Balaban J connectivity index is 1.46. The first kappa shape index (κ1) is 18.0. The second-order valence-corrected chi connectivity index (χ2v) is 7.00. The number of aromatic nitrogens is 1. The van der Waals surface area contributed by atoms with Crippen LogP contribution in [0.15, 0.2) is 36.5 Å². The van der Waals surface area contributed by atoms with Crippen molar-refractivity contribution in [2.24, 2.45) is 0 Å². The Morgan fingerprint density at radius 1 is 1.11 bits per heavy atom. The van der Waals surface area contributed by atoms with Crippen molar-refractivity contribution in [3.63, 3.8) is 0 Å². The number of halogens is 2. The van der Waals surface area contributed by atoms with Gasteiger partial charge in [-0.15, -0.1) is 0 Å². The van der Waals surface area contributed by atoms with E-state index in [1.165, 1.54) is 12.3 Å². The Labute approximate surface area is 162 Å². The standard InChI is InChI=1S/C19H20ClFN4O2/c20-15-1-3-17-14(11-15)13-27-10-9-25(17)19(26)24-7-5-23(6-8-24)18-4-2-16(21)12-22-18/h1-4,11-12H,5-10,13H2. The van der Waals surface area contributed by atoms with Crippen LogP contribution in [0.5, 0.6) is 0 Å². The summed E-state index contributed by atoms with van der Waals surface area (Å²) in [5, 5.41) is 0.632. The van der Waals surface area contributed by atoms with Gasteiger partial charge in [-0.2, -0.15) is 0 Å². The van der Waals surface area contributed by atoms with Gasteiger partial charge < -0.3 is 14.5 Å². The molecule has 0 unspecified atom stereocenters. The number of rotatable bonds is 1. The second kappa shape index (κ2) is 7.70. The van der Waals surface area contributed by atoms with E-state index in [9.17, 15) is 9.18 Å². The third kappa shape index (κ3) is 3.84. The highest BCUT2D eigenvalue weighted by Crippen LogP contribution is 2.28. The Bertz CT molecular complexity index is 825. The molecule has 6 nitrogen and oxygen atoms in total. The minimum Gasteiger partial charge on any atom is -0.375 e. The maximum atomic E-state index is 13.1. The third-order valence-corrected chi connectivity index (χ3v) is 5.10. The Kier molecular flexibility index (Phi) is 5.13. The van der Waals surface area contributed by atoms with Crippen molar-refractivity contribution in [1.82, 2.24) is 9.88 Å². The lowest BCUT2D eigenvalue weighted by Gasteiger charge is -2.38. The molecule has 2 aliphatic heterocycles. The van der Waals surface area contributed by atoms with Crippen molar-refractivity contribution in [2.75, 3.05) is 49.1 Å². The van der Waals surface area contributed by atoms with Crippen LogP contribution >= 0.6 is 11.6 Å². The second-order valence-electron chi connectivity index (χ2n) is 6.57. The molecule has 1 aromatic heterocycles. The maximum Gasteiger partial charge on any atom is 0.324 e. The molecule has 0 aliphatic carbocycles. The van der Waals surface area contributed by atoms with Gasteiger partial charge >= 0.3 is 6.03 Å². The molecule has 1 aromatic carbocycles. The van der Waals surface area contributed by atoms with Crippen LogP contribution in [-0.2, 0) is 11.3 Å². The molecule has 4 rings (SSSR count).